The lowest BCUT2D eigenvalue weighted by atomic mass is 9.94. The Hall–Kier alpha value is -2.22. The van der Waals surface area contributed by atoms with Crippen LogP contribution in [0.25, 0.3) is 0 Å². The topological polar surface area (TPSA) is 34.1 Å². The van der Waals surface area contributed by atoms with Gasteiger partial charge in [0.05, 0.1) is 6.85 Å². The zero-order chi connectivity index (χ0) is 16.2. The number of Topliss-reactive ketones (excluding diaryl/α,β-unsaturated/α-hetero) is 2. The second kappa shape index (κ2) is 3.67. The second-order valence-corrected chi connectivity index (χ2v) is 3.65. The van der Waals surface area contributed by atoms with Crippen molar-refractivity contribution in [2.24, 2.45) is 0 Å². The van der Waals surface area contributed by atoms with Crippen molar-refractivity contribution in [3.8, 4) is 0 Å². The number of hydrogen-bond donors (Lipinski definition) is 0. The average Bonchev–Trinajstić information content (AvgIpc) is 2.74. The van der Waals surface area contributed by atoms with Crippen LogP contribution in [0.2, 0.25) is 0 Å². The van der Waals surface area contributed by atoms with Crippen molar-refractivity contribution in [3.63, 3.8) is 0 Å². The van der Waals surface area contributed by atoms with Crippen LogP contribution in [-0.2, 0) is 0 Å². The molecule has 0 atom stereocenters. The van der Waals surface area contributed by atoms with Gasteiger partial charge in [-0.05, 0) is 5.56 Å². The van der Waals surface area contributed by atoms with Crippen LogP contribution in [-0.4, -0.2) is 11.6 Å². The summed E-state index contributed by atoms with van der Waals surface area (Å²) in [5.74, 6) is -4.08. The molecule has 1 aliphatic carbocycles. The molecule has 0 amide bonds. The fourth-order valence-corrected chi connectivity index (χ4v) is 1.87. The van der Waals surface area contributed by atoms with E-state index >= 15 is 0 Å². The van der Waals surface area contributed by atoms with Crippen LogP contribution >= 0.6 is 0 Å². The van der Waals surface area contributed by atoms with Crippen LogP contribution in [0, 0.1) is 0 Å². The highest BCUT2D eigenvalue weighted by molar-refractivity contribution is 6.29. The Morgan fingerprint density at radius 1 is 0.941 bits per heavy atom. The molecule has 2 aromatic rings. The van der Waals surface area contributed by atoms with Gasteiger partial charge in [0, 0.05) is 11.1 Å². The summed E-state index contributed by atoms with van der Waals surface area (Å²) in [6.45, 7) is 0. The Bertz CT molecular complexity index is 783. The van der Waals surface area contributed by atoms with Gasteiger partial charge in [0.1, 0.15) is 5.89 Å². The van der Waals surface area contributed by atoms with E-state index in [0.717, 1.165) is 0 Å². The average molecular weight is 227 g/mol. The van der Waals surface area contributed by atoms with Crippen LogP contribution in [0.4, 0.5) is 0 Å². The number of benzene rings is 2. The van der Waals surface area contributed by atoms with Gasteiger partial charge in [-0.1, -0.05) is 54.5 Å². The van der Waals surface area contributed by atoms with E-state index in [2.05, 4.69) is 0 Å². The molecule has 0 heterocycles. The van der Waals surface area contributed by atoms with Crippen LogP contribution in [0.15, 0.2) is 54.5 Å². The Morgan fingerprint density at radius 3 is 2.00 bits per heavy atom. The molecular formula is C15H10O2. The first-order valence-corrected chi connectivity index (χ1v) is 5.07. The first-order valence-electron chi connectivity index (χ1n) is 7.57. The molecule has 17 heavy (non-hydrogen) atoms. The Balaban J connectivity index is 2.36. The SMILES string of the molecule is [2H]c1c([2H])c([2H])c2c(c1[2H])C(=O)C([2H])(c1ccccc1)C2=O. The first kappa shape index (κ1) is 5.92. The lowest BCUT2D eigenvalue weighted by molar-refractivity contribution is 0.0890. The van der Waals surface area contributed by atoms with E-state index in [9.17, 15) is 9.59 Å². The monoisotopic (exact) mass is 227 g/mol. The van der Waals surface area contributed by atoms with Gasteiger partial charge in [0.2, 0.25) is 0 Å². The van der Waals surface area contributed by atoms with Gasteiger partial charge < -0.3 is 0 Å². The molecule has 3 rings (SSSR count). The maximum Gasteiger partial charge on any atom is 0.178 e. The summed E-state index contributed by atoms with van der Waals surface area (Å²) in [4.78, 5) is 25.2. The lowest BCUT2D eigenvalue weighted by Gasteiger charge is -2.05. The van der Waals surface area contributed by atoms with Crippen LogP contribution in [0.5, 0.6) is 0 Å². The summed E-state index contributed by atoms with van der Waals surface area (Å²) in [5, 5.41) is 0. The normalized spacial score (nSPS) is 21.1. The van der Waals surface area contributed by atoms with Gasteiger partial charge in [0.15, 0.2) is 11.6 Å². The first-order chi connectivity index (χ1) is 10.3. The minimum atomic E-state index is -2.25. The van der Waals surface area contributed by atoms with Gasteiger partial charge in [-0.15, -0.1) is 0 Å². The van der Waals surface area contributed by atoms with Crippen molar-refractivity contribution >= 4 is 11.6 Å². The largest absolute Gasteiger partial charge is 0.293 e. The van der Waals surface area contributed by atoms with E-state index in [1.807, 2.05) is 0 Å². The maximum atomic E-state index is 12.6. The van der Waals surface area contributed by atoms with Gasteiger partial charge in [-0.25, -0.2) is 0 Å². The summed E-state index contributed by atoms with van der Waals surface area (Å²) in [7, 11) is 0. The minimum absolute atomic E-state index is 0.151. The highest BCUT2D eigenvalue weighted by atomic mass is 16.2. The van der Waals surface area contributed by atoms with Crippen molar-refractivity contribution in [1.82, 2.24) is 0 Å². The van der Waals surface area contributed by atoms with Crippen molar-refractivity contribution < 1.29 is 16.4 Å². The Kier molecular flexibility index (Phi) is 1.28. The molecule has 0 saturated heterocycles. The van der Waals surface area contributed by atoms with Crippen LogP contribution in [0.3, 0.4) is 0 Å². The Morgan fingerprint density at radius 2 is 1.47 bits per heavy atom. The number of carbonyl (C=O) groups is 2. The third-order valence-electron chi connectivity index (χ3n) is 2.66. The van der Waals surface area contributed by atoms with E-state index in [-0.39, 0.29) is 5.56 Å². The summed E-state index contributed by atoms with van der Waals surface area (Å²) < 4.78 is 39.3. The highest BCUT2D eigenvalue weighted by Crippen LogP contribution is 2.33. The maximum absolute atomic E-state index is 12.6. The molecule has 1 aliphatic rings. The molecule has 2 nitrogen and oxygen atoms in total. The number of hydrogen-bond acceptors (Lipinski definition) is 2. The predicted molar refractivity (Wildman–Crippen MR) is 64.3 cm³/mol. The van der Waals surface area contributed by atoms with Gasteiger partial charge in [0.25, 0.3) is 0 Å². The highest BCUT2D eigenvalue weighted by Gasteiger charge is 2.38. The summed E-state index contributed by atoms with van der Waals surface area (Å²) in [6, 6.07) is 5.48. The van der Waals surface area contributed by atoms with E-state index in [4.69, 9.17) is 6.85 Å². The number of fused-ring (bicyclic) bond motifs is 1. The quantitative estimate of drug-likeness (QED) is 0.702. The molecule has 0 aliphatic heterocycles. The van der Waals surface area contributed by atoms with Crippen molar-refractivity contribution in [3.05, 3.63) is 71.2 Å². The molecule has 0 saturated carbocycles. The third-order valence-corrected chi connectivity index (χ3v) is 2.66. The standard InChI is InChI=1S/C15H10O2/c16-14-11-8-4-5-9-12(11)15(17)13(14)10-6-2-1-3-7-10/h1-9,13H/i4D,5D,8D,9D,13D. The van der Waals surface area contributed by atoms with Crippen molar-refractivity contribution in [2.45, 2.75) is 5.89 Å². The molecule has 0 fully saturated rings. The molecule has 0 N–H and O–H groups in total. The molecule has 0 aromatic heterocycles. The summed E-state index contributed by atoms with van der Waals surface area (Å²) in [6.07, 6.45) is 0. The van der Waals surface area contributed by atoms with E-state index in [0.29, 0.717) is 0 Å². The molecule has 82 valence electrons. The zero-order valence-electron chi connectivity index (χ0n) is 13.7. The summed E-state index contributed by atoms with van der Waals surface area (Å²) in [5.41, 5.74) is -0.636. The van der Waals surface area contributed by atoms with E-state index < -0.39 is 52.8 Å². The fourth-order valence-electron chi connectivity index (χ4n) is 1.87. The van der Waals surface area contributed by atoms with Crippen LogP contribution < -0.4 is 0 Å². The van der Waals surface area contributed by atoms with E-state index in [1.165, 1.54) is 12.1 Å². The predicted octanol–water partition coefficient (Wildman–Crippen LogP) is 2.85. The molecule has 2 heteroatoms. The van der Waals surface area contributed by atoms with Crippen molar-refractivity contribution in [1.29, 1.82) is 0 Å². The molecule has 0 spiro atoms. The van der Waals surface area contributed by atoms with Gasteiger partial charge in [-0.2, -0.15) is 0 Å². The van der Waals surface area contributed by atoms with Gasteiger partial charge >= 0.3 is 0 Å². The lowest BCUT2D eigenvalue weighted by Crippen LogP contribution is -2.12. The van der Waals surface area contributed by atoms with E-state index in [1.54, 1.807) is 18.2 Å². The molecule has 0 unspecified atom stereocenters. The third kappa shape index (κ3) is 1.41. The molecule has 2 aromatic carbocycles. The minimum Gasteiger partial charge on any atom is -0.293 e. The smallest absolute Gasteiger partial charge is 0.178 e. The molecule has 0 bridgehead atoms. The van der Waals surface area contributed by atoms with Crippen LogP contribution in [0.1, 0.15) is 39.0 Å². The number of carbonyl (C=O) groups excluding carboxylic acids is 2. The fraction of sp³-hybridized carbons (Fsp3) is 0.0667. The van der Waals surface area contributed by atoms with Gasteiger partial charge in [-0.3, -0.25) is 9.59 Å². The second-order valence-electron chi connectivity index (χ2n) is 3.65. The van der Waals surface area contributed by atoms with Crippen molar-refractivity contribution in [2.75, 3.05) is 0 Å². The number of rotatable bonds is 1. The molecule has 0 radical (unpaired) electrons. The number of ketones is 2. The zero-order valence-corrected chi connectivity index (χ0v) is 8.70. The summed E-state index contributed by atoms with van der Waals surface area (Å²) >= 11 is 0. The molecular weight excluding hydrogens is 212 g/mol. The Labute approximate surface area is 106 Å².